The molecule has 0 aromatic heterocycles. The van der Waals surface area contributed by atoms with Crippen LogP contribution in [-0.2, 0) is 15.8 Å². The van der Waals surface area contributed by atoms with Crippen LogP contribution in [0.15, 0.2) is 42.5 Å². The molecule has 0 heterocycles. The van der Waals surface area contributed by atoms with Crippen molar-refractivity contribution in [3.05, 3.63) is 58.9 Å². The molecule has 0 radical (unpaired) electrons. The molecule has 4 nitrogen and oxygen atoms in total. The highest BCUT2D eigenvalue weighted by molar-refractivity contribution is 6.31. The first-order valence-corrected chi connectivity index (χ1v) is 7.25. The van der Waals surface area contributed by atoms with E-state index in [0.29, 0.717) is 0 Å². The Balaban J connectivity index is 1.91. The van der Waals surface area contributed by atoms with Gasteiger partial charge in [0.15, 0.2) is 0 Å². The minimum Gasteiger partial charge on any atom is -0.326 e. The van der Waals surface area contributed by atoms with Gasteiger partial charge in [-0.05, 0) is 42.5 Å². The Hall–Kier alpha value is -2.61. The molecule has 132 valence electrons. The van der Waals surface area contributed by atoms with Gasteiger partial charge in [-0.15, -0.1) is 0 Å². The quantitative estimate of drug-likeness (QED) is 0.613. The van der Waals surface area contributed by atoms with Crippen LogP contribution in [0.1, 0.15) is 12.0 Å². The fraction of sp³-hybridized carbons (Fsp3) is 0.125. The van der Waals surface area contributed by atoms with Crippen LogP contribution in [0, 0.1) is 5.82 Å². The van der Waals surface area contributed by atoms with Gasteiger partial charge in [-0.25, -0.2) is 4.39 Å². The van der Waals surface area contributed by atoms with E-state index in [-0.39, 0.29) is 16.4 Å². The van der Waals surface area contributed by atoms with Gasteiger partial charge in [0.25, 0.3) is 0 Å². The van der Waals surface area contributed by atoms with Crippen LogP contribution in [0.4, 0.5) is 28.9 Å². The molecule has 2 N–H and O–H groups in total. The number of carbonyl (C=O) groups excluding carboxylic acids is 2. The number of hydrogen-bond donors (Lipinski definition) is 2. The first-order chi connectivity index (χ1) is 11.6. The first-order valence-electron chi connectivity index (χ1n) is 6.87. The largest absolute Gasteiger partial charge is 0.416 e. The number of halogens is 5. The zero-order chi connectivity index (χ0) is 18.6. The molecule has 2 rings (SSSR count). The Morgan fingerprint density at radius 2 is 1.44 bits per heavy atom. The molecule has 9 heteroatoms. The predicted octanol–water partition coefficient (Wildman–Crippen LogP) is 4.47. The summed E-state index contributed by atoms with van der Waals surface area (Å²) in [6, 6.07) is 7.30. The number of carbonyl (C=O) groups is 2. The molecule has 2 aromatic rings. The summed E-state index contributed by atoms with van der Waals surface area (Å²) in [5.74, 6) is -2.06. The molecule has 25 heavy (non-hydrogen) atoms. The second kappa shape index (κ2) is 7.52. The van der Waals surface area contributed by atoms with Gasteiger partial charge < -0.3 is 10.6 Å². The second-order valence-electron chi connectivity index (χ2n) is 4.98. The molecule has 0 fully saturated rings. The molecule has 2 aromatic carbocycles. The molecule has 0 aliphatic rings. The molecular weight excluding hydrogens is 364 g/mol. The number of nitrogens with one attached hydrogen (secondary N) is 2. The SMILES string of the molecule is O=C(CC(=O)Nc1ccc(F)c(Cl)c1)Nc1ccc(C(F)(F)F)cc1. The molecule has 0 unspecified atom stereocenters. The van der Waals surface area contributed by atoms with Crippen molar-refractivity contribution in [3.8, 4) is 0 Å². The van der Waals surface area contributed by atoms with Crippen LogP contribution in [0.2, 0.25) is 5.02 Å². The van der Waals surface area contributed by atoms with E-state index >= 15 is 0 Å². The molecule has 0 aliphatic heterocycles. The number of rotatable bonds is 4. The molecule has 0 aliphatic carbocycles. The van der Waals surface area contributed by atoms with Crippen molar-refractivity contribution in [1.82, 2.24) is 0 Å². The summed E-state index contributed by atoms with van der Waals surface area (Å²) in [5.41, 5.74) is -0.522. The van der Waals surface area contributed by atoms with Gasteiger partial charge in [0.1, 0.15) is 12.2 Å². The Morgan fingerprint density at radius 3 is 1.96 bits per heavy atom. The van der Waals surface area contributed by atoms with E-state index in [1.807, 2.05) is 0 Å². The number of amides is 2. The van der Waals surface area contributed by atoms with Crippen molar-refractivity contribution >= 4 is 34.8 Å². The topological polar surface area (TPSA) is 58.2 Å². The van der Waals surface area contributed by atoms with E-state index in [4.69, 9.17) is 11.6 Å². The van der Waals surface area contributed by atoms with Crippen LogP contribution in [0.3, 0.4) is 0 Å². The number of hydrogen-bond acceptors (Lipinski definition) is 2. The summed E-state index contributed by atoms with van der Waals surface area (Å²) >= 11 is 5.57. The van der Waals surface area contributed by atoms with Gasteiger partial charge in [-0.3, -0.25) is 9.59 Å². The van der Waals surface area contributed by atoms with Crippen molar-refractivity contribution in [2.45, 2.75) is 12.6 Å². The highest BCUT2D eigenvalue weighted by Crippen LogP contribution is 2.29. The molecule has 2 amide bonds. The Bertz CT molecular complexity index is 792. The summed E-state index contributed by atoms with van der Waals surface area (Å²) < 4.78 is 50.3. The minimum atomic E-state index is -4.47. The maximum Gasteiger partial charge on any atom is 0.416 e. The summed E-state index contributed by atoms with van der Waals surface area (Å²) in [6.07, 6.45) is -5.05. The van der Waals surface area contributed by atoms with Crippen molar-refractivity contribution in [2.75, 3.05) is 10.6 Å². The number of benzene rings is 2. The number of anilines is 2. The average molecular weight is 375 g/mol. The zero-order valence-electron chi connectivity index (χ0n) is 12.5. The number of alkyl halides is 3. The average Bonchev–Trinajstić information content (AvgIpc) is 2.50. The molecule has 0 saturated heterocycles. The monoisotopic (exact) mass is 374 g/mol. The summed E-state index contributed by atoms with van der Waals surface area (Å²) in [5, 5.41) is 4.47. The van der Waals surface area contributed by atoms with Crippen molar-refractivity contribution in [1.29, 1.82) is 0 Å². The van der Waals surface area contributed by atoms with Gasteiger partial charge >= 0.3 is 6.18 Å². The third kappa shape index (κ3) is 5.46. The lowest BCUT2D eigenvalue weighted by Crippen LogP contribution is -2.21. The lowest BCUT2D eigenvalue weighted by molar-refractivity contribution is -0.137. The molecule has 0 atom stereocenters. The summed E-state index contributed by atoms with van der Waals surface area (Å²) in [7, 11) is 0. The Morgan fingerprint density at radius 1 is 0.920 bits per heavy atom. The molecular formula is C16H11ClF4N2O2. The predicted molar refractivity (Wildman–Crippen MR) is 84.7 cm³/mol. The fourth-order valence-corrected chi connectivity index (χ4v) is 2.05. The van der Waals surface area contributed by atoms with Crippen molar-refractivity contribution in [2.24, 2.45) is 0 Å². The van der Waals surface area contributed by atoms with E-state index in [9.17, 15) is 27.2 Å². The van der Waals surface area contributed by atoms with Crippen LogP contribution in [0.5, 0.6) is 0 Å². The van der Waals surface area contributed by atoms with Crippen LogP contribution >= 0.6 is 11.6 Å². The van der Waals surface area contributed by atoms with E-state index in [0.717, 1.165) is 30.3 Å². The Kier molecular flexibility index (Phi) is 5.63. The van der Waals surface area contributed by atoms with E-state index in [1.54, 1.807) is 0 Å². The highest BCUT2D eigenvalue weighted by Gasteiger charge is 2.30. The summed E-state index contributed by atoms with van der Waals surface area (Å²) in [6.45, 7) is 0. The van der Waals surface area contributed by atoms with Gasteiger partial charge in [-0.2, -0.15) is 13.2 Å². The van der Waals surface area contributed by atoms with E-state index < -0.39 is 35.8 Å². The maximum absolute atomic E-state index is 13.0. The van der Waals surface area contributed by atoms with Gasteiger partial charge in [0.2, 0.25) is 11.8 Å². The lowest BCUT2D eigenvalue weighted by atomic mass is 10.2. The third-order valence-corrected chi connectivity index (χ3v) is 3.31. The zero-order valence-corrected chi connectivity index (χ0v) is 13.2. The standard InChI is InChI=1S/C16H11ClF4N2O2/c17-12-7-11(5-6-13(12)18)23-15(25)8-14(24)22-10-3-1-9(2-4-10)16(19,20)21/h1-7H,8H2,(H,22,24)(H,23,25). The highest BCUT2D eigenvalue weighted by atomic mass is 35.5. The van der Waals surface area contributed by atoms with E-state index in [1.165, 1.54) is 12.1 Å². The van der Waals surface area contributed by atoms with Crippen LogP contribution < -0.4 is 10.6 Å². The maximum atomic E-state index is 13.0. The van der Waals surface area contributed by atoms with E-state index in [2.05, 4.69) is 10.6 Å². The van der Waals surface area contributed by atoms with Crippen molar-refractivity contribution < 1.29 is 27.2 Å². The second-order valence-corrected chi connectivity index (χ2v) is 5.38. The first kappa shape index (κ1) is 18.7. The minimum absolute atomic E-state index is 0.121. The smallest absolute Gasteiger partial charge is 0.326 e. The van der Waals surface area contributed by atoms with Gasteiger partial charge in [0, 0.05) is 11.4 Å². The van der Waals surface area contributed by atoms with Crippen LogP contribution in [-0.4, -0.2) is 11.8 Å². The molecule has 0 spiro atoms. The lowest BCUT2D eigenvalue weighted by Gasteiger charge is -2.09. The molecule has 0 bridgehead atoms. The summed E-state index contributed by atoms with van der Waals surface area (Å²) in [4.78, 5) is 23.5. The van der Waals surface area contributed by atoms with Gasteiger partial charge in [0.05, 0.1) is 10.6 Å². The van der Waals surface area contributed by atoms with Crippen molar-refractivity contribution in [3.63, 3.8) is 0 Å². The normalized spacial score (nSPS) is 11.1. The third-order valence-electron chi connectivity index (χ3n) is 3.02. The molecule has 0 saturated carbocycles. The van der Waals surface area contributed by atoms with Crippen LogP contribution in [0.25, 0.3) is 0 Å². The fourth-order valence-electron chi connectivity index (χ4n) is 1.87. The van der Waals surface area contributed by atoms with Gasteiger partial charge in [-0.1, -0.05) is 11.6 Å². The Labute approximate surface area is 144 Å².